The van der Waals surface area contributed by atoms with Crippen LogP contribution in [0.4, 0.5) is 0 Å². The first-order chi connectivity index (χ1) is 9.72. The Labute approximate surface area is 119 Å². The molecule has 1 fully saturated rings. The summed E-state index contributed by atoms with van der Waals surface area (Å²) in [5.41, 5.74) is 2.70. The summed E-state index contributed by atoms with van der Waals surface area (Å²) in [6.07, 6.45) is 2.41. The molecule has 0 aliphatic carbocycles. The van der Waals surface area contributed by atoms with Crippen LogP contribution in [0.1, 0.15) is 18.5 Å². The topological polar surface area (TPSA) is 38.3 Å². The molecule has 1 aliphatic rings. The molecule has 0 bridgehead atoms. The maximum absolute atomic E-state index is 5.93. The van der Waals surface area contributed by atoms with E-state index in [0.29, 0.717) is 11.8 Å². The quantitative estimate of drug-likeness (QED) is 0.860. The zero-order valence-corrected chi connectivity index (χ0v) is 12.2. The average Bonchev–Trinajstić information content (AvgIpc) is 2.47. The Hall–Kier alpha value is -1.68. The van der Waals surface area contributed by atoms with Crippen molar-refractivity contribution in [2.45, 2.75) is 19.8 Å². The number of aryl methyl sites for hydroxylation is 1. The van der Waals surface area contributed by atoms with Crippen LogP contribution in [0.5, 0.6) is 5.88 Å². The van der Waals surface area contributed by atoms with Gasteiger partial charge in [-0.2, -0.15) is 0 Å². The number of ether oxygens (including phenoxy) is 1. The molecule has 0 radical (unpaired) electrons. The summed E-state index contributed by atoms with van der Waals surface area (Å²) >= 11 is 0. The third kappa shape index (κ3) is 2.90. The monoisotopic (exact) mass is 271 g/mol. The highest BCUT2D eigenvalue weighted by atomic mass is 16.5. The van der Waals surface area contributed by atoms with Crippen LogP contribution >= 0.6 is 0 Å². The van der Waals surface area contributed by atoms with Crippen molar-refractivity contribution in [3.8, 4) is 5.88 Å². The molecule has 0 amide bonds. The van der Waals surface area contributed by atoms with Crippen molar-refractivity contribution < 1.29 is 4.74 Å². The van der Waals surface area contributed by atoms with E-state index in [-0.39, 0.29) is 0 Å². The molecule has 3 rings (SSSR count). The summed E-state index contributed by atoms with van der Waals surface area (Å²) in [7, 11) is 2.18. The molecule has 0 saturated carbocycles. The van der Waals surface area contributed by atoms with Gasteiger partial charge in [0.15, 0.2) is 0 Å². The van der Waals surface area contributed by atoms with Crippen molar-refractivity contribution in [3.05, 3.63) is 30.0 Å². The summed E-state index contributed by atoms with van der Waals surface area (Å²) < 4.78 is 5.93. The Balaban J connectivity index is 1.69. The molecule has 0 unspecified atom stereocenters. The Morgan fingerprint density at radius 3 is 2.50 bits per heavy atom. The van der Waals surface area contributed by atoms with Crippen LogP contribution < -0.4 is 4.74 Å². The number of likely N-dealkylation sites (tertiary alicyclic amines) is 1. The number of hydrogen-bond donors (Lipinski definition) is 0. The molecule has 2 heterocycles. The predicted octanol–water partition coefficient (Wildman–Crippen LogP) is 2.66. The Morgan fingerprint density at radius 2 is 1.80 bits per heavy atom. The maximum atomic E-state index is 5.93. The Morgan fingerprint density at radius 1 is 1.15 bits per heavy atom. The van der Waals surface area contributed by atoms with Gasteiger partial charge in [-0.05, 0) is 58.0 Å². The minimum absolute atomic E-state index is 0.638. The van der Waals surface area contributed by atoms with E-state index in [9.17, 15) is 0 Å². The van der Waals surface area contributed by atoms with Gasteiger partial charge < -0.3 is 9.64 Å². The second kappa shape index (κ2) is 5.75. The lowest BCUT2D eigenvalue weighted by Gasteiger charge is -2.28. The molecule has 1 aromatic carbocycles. The van der Waals surface area contributed by atoms with Gasteiger partial charge >= 0.3 is 0 Å². The first-order valence-corrected chi connectivity index (χ1v) is 7.27. The summed E-state index contributed by atoms with van der Waals surface area (Å²) in [6, 6.07) is 7.92. The van der Waals surface area contributed by atoms with Gasteiger partial charge in [-0.3, -0.25) is 0 Å². The van der Waals surface area contributed by atoms with Gasteiger partial charge in [0, 0.05) is 0 Å². The van der Waals surface area contributed by atoms with Gasteiger partial charge in [0.05, 0.1) is 17.6 Å². The fourth-order valence-electron chi connectivity index (χ4n) is 2.63. The van der Waals surface area contributed by atoms with Gasteiger partial charge in [0.2, 0.25) is 5.88 Å². The molecular weight excluding hydrogens is 250 g/mol. The van der Waals surface area contributed by atoms with E-state index < -0.39 is 0 Å². The highest BCUT2D eigenvalue weighted by Crippen LogP contribution is 2.21. The van der Waals surface area contributed by atoms with Crippen molar-refractivity contribution >= 4 is 11.0 Å². The standard InChI is InChI=1S/C16H21N3O/c1-12-16(18-15-6-4-3-5-14(15)17-12)20-11-13-7-9-19(2)10-8-13/h3-6,13H,7-11H2,1-2H3. The lowest BCUT2D eigenvalue weighted by atomic mass is 9.98. The van der Waals surface area contributed by atoms with E-state index in [1.807, 2.05) is 31.2 Å². The van der Waals surface area contributed by atoms with Crippen LogP contribution in [0.25, 0.3) is 11.0 Å². The number of aromatic nitrogens is 2. The molecule has 4 heteroatoms. The van der Waals surface area contributed by atoms with Crippen LogP contribution in [-0.4, -0.2) is 41.6 Å². The lowest BCUT2D eigenvalue weighted by Crippen LogP contribution is -2.32. The van der Waals surface area contributed by atoms with Gasteiger partial charge in [-0.15, -0.1) is 0 Å². The first kappa shape index (κ1) is 13.3. The minimum atomic E-state index is 0.638. The molecule has 106 valence electrons. The SMILES string of the molecule is Cc1nc2ccccc2nc1OCC1CCN(C)CC1. The molecule has 1 aromatic heterocycles. The van der Waals surface area contributed by atoms with Crippen molar-refractivity contribution in [1.82, 2.24) is 14.9 Å². The van der Waals surface area contributed by atoms with Crippen LogP contribution in [0, 0.1) is 12.8 Å². The molecule has 1 aliphatic heterocycles. The van der Waals surface area contributed by atoms with Crippen molar-refractivity contribution in [3.63, 3.8) is 0 Å². The third-order valence-electron chi connectivity index (χ3n) is 4.00. The lowest BCUT2D eigenvalue weighted by molar-refractivity contribution is 0.156. The molecule has 0 atom stereocenters. The largest absolute Gasteiger partial charge is 0.476 e. The van der Waals surface area contributed by atoms with E-state index in [0.717, 1.165) is 36.4 Å². The van der Waals surface area contributed by atoms with E-state index in [1.165, 1.54) is 12.8 Å². The summed E-state index contributed by atoms with van der Waals surface area (Å²) in [6.45, 7) is 5.04. The van der Waals surface area contributed by atoms with Gasteiger partial charge in [0.25, 0.3) is 0 Å². The van der Waals surface area contributed by atoms with E-state index in [1.54, 1.807) is 0 Å². The normalized spacial score (nSPS) is 17.5. The van der Waals surface area contributed by atoms with E-state index >= 15 is 0 Å². The molecule has 2 aromatic rings. The molecule has 20 heavy (non-hydrogen) atoms. The minimum Gasteiger partial charge on any atom is -0.476 e. The van der Waals surface area contributed by atoms with Crippen LogP contribution in [-0.2, 0) is 0 Å². The number of benzene rings is 1. The van der Waals surface area contributed by atoms with Crippen molar-refractivity contribution in [2.24, 2.45) is 5.92 Å². The van der Waals surface area contributed by atoms with Crippen molar-refractivity contribution in [1.29, 1.82) is 0 Å². The summed E-state index contributed by atoms with van der Waals surface area (Å²) in [4.78, 5) is 11.5. The Kier molecular flexibility index (Phi) is 3.83. The third-order valence-corrected chi connectivity index (χ3v) is 4.00. The van der Waals surface area contributed by atoms with Gasteiger partial charge in [-0.1, -0.05) is 12.1 Å². The van der Waals surface area contributed by atoms with Crippen LogP contribution in [0.15, 0.2) is 24.3 Å². The number of nitrogens with zero attached hydrogens (tertiary/aromatic N) is 3. The number of fused-ring (bicyclic) bond motifs is 1. The highest BCUT2D eigenvalue weighted by molar-refractivity contribution is 5.74. The molecule has 1 saturated heterocycles. The molecule has 0 N–H and O–H groups in total. The second-order valence-electron chi connectivity index (χ2n) is 5.66. The summed E-state index contributed by atoms with van der Waals surface area (Å²) in [5, 5.41) is 0. The summed E-state index contributed by atoms with van der Waals surface area (Å²) in [5.74, 6) is 1.32. The first-order valence-electron chi connectivity index (χ1n) is 7.27. The fraction of sp³-hybridized carbons (Fsp3) is 0.500. The average molecular weight is 271 g/mol. The number of rotatable bonds is 3. The molecule has 0 spiro atoms. The molecule has 4 nitrogen and oxygen atoms in total. The molecular formula is C16H21N3O. The zero-order valence-electron chi connectivity index (χ0n) is 12.2. The van der Waals surface area contributed by atoms with Crippen molar-refractivity contribution in [2.75, 3.05) is 26.7 Å². The number of para-hydroxylation sites is 2. The fourth-order valence-corrected chi connectivity index (χ4v) is 2.63. The van der Waals surface area contributed by atoms with Crippen LogP contribution in [0.2, 0.25) is 0 Å². The maximum Gasteiger partial charge on any atom is 0.235 e. The van der Waals surface area contributed by atoms with E-state index in [2.05, 4.69) is 21.9 Å². The predicted molar refractivity (Wildman–Crippen MR) is 80.0 cm³/mol. The Bertz CT molecular complexity index is 591. The number of hydrogen-bond acceptors (Lipinski definition) is 4. The number of piperidine rings is 1. The van der Waals surface area contributed by atoms with Gasteiger partial charge in [-0.25, -0.2) is 9.97 Å². The smallest absolute Gasteiger partial charge is 0.235 e. The zero-order chi connectivity index (χ0) is 13.9. The second-order valence-corrected chi connectivity index (χ2v) is 5.66. The van der Waals surface area contributed by atoms with E-state index in [4.69, 9.17) is 4.74 Å². The highest BCUT2D eigenvalue weighted by Gasteiger charge is 2.18. The van der Waals surface area contributed by atoms with Crippen LogP contribution in [0.3, 0.4) is 0 Å². The van der Waals surface area contributed by atoms with Gasteiger partial charge in [0.1, 0.15) is 5.69 Å².